The summed E-state index contributed by atoms with van der Waals surface area (Å²) in [5.41, 5.74) is 0.310. The number of phenols is 1. The summed E-state index contributed by atoms with van der Waals surface area (Å²) in [6, 6.07) is 4.68. The van der Waals surface area contributed by atoms with Crippen molar-refractivity contribution in [3.05, 3.63) is 18.2 Å². The fourth-order valence-corrected chi connectivity index (χ4v) is 2.67. The molecule has 14 heavy (non-hydrogen) atoms. The lowest BCUT2D eigenvalue weighted by Gasteiger charge is -2.01. The zero-order valence-corrected chi connectivity index (χ0v) is 8.72. The van der Waals surface area contributed by atoms with Crippen molar-refractivity contribution in [3.8, 4) is 5.75 Å². The first-order chi connectivity index (χ1) is 6.58. The normalized spacial score (nSPS) is 10.8. The van der Waals surface area contributed by atoms with E-state index in [4.69, 9.17) is 10.0 Å². The highest BCUT2D eigenvalue weighted by molar-refractivity contribution is 7.83. The first kappa shape index (κ1) is 9.85. The fourth-order valence-electron chi connectivity index (χ4n) is 1.34. The Morgan fingerprint density at radius 2 is 1.93 bits per heavy atom. The molecule has 0 unspecified atom stereocenters. The molecule has 1 aromatic carbocycles. The van der Waals surface area contributed by atoms with Crippen LogP contribution < -0.4 is 5.46 Å². The monoisotopic (exact) mass is 226 g/mol. The van der Waals surface area contributed by atoms with Gasteiger partial charge in [0.05, 0.1) is 4.21 Å². The predicted molar refractivity (Wildman–Crippen MR) is 60.6 cm³/mol. The highest BCUT2D eigenvalue weighted by Gasteiger charge is 2.17. The molecule has 2 aromatic rings. The van der Waals surface area contributed by atoms with Gasteiger partial charge in [-0.3, -0.25) is 0 Å². The number of thiophene rings is 1. The smallest absolute Gasteiger partial charge is 0.490 e. The van der Waals surface area contributed by atoms with E-state index in [1.807, 2.05) is 0 Å². The Labute approximate surface area is 90.2 Å². The maximum absolute atomic E-state index is 9.33. The van der Waals surface area contributed by atoms with Crippen molar-refractivity contribution >= 4 is 46.6 Å². The Morgan fingerprint density at radius 3 is 2.57 bits per heavy atom. The van der Waals surface area contributed by atoms with Gasteiger partial charge in [-0.05, 0) is 23.6 Å². The highest BCUT2D eigenvalue weighted by Crippen LogP contribution is 2.29. The molecule has 0 saturated heterocycles. The van der Waals surface area contributed by atoms with E-state index in [-0.39, 0.29) is 5.75 Å². The van der Waals surface area contributed by atoms with E-state index in [0.29, 0.717) is 5.46 Å². The van der Waals surface area contributed by atoms with Gasteiger partial charge < -0.3 is 15.2 Å². The van der Waals surface area contributed by atoms with Crippen molar-refractivity contribution in [2.75, 3.05) is 0 Å². The van der Waals surface area contributed by atoms with Gasteiger partial charge in [-0.2, -0.15) is 0 Å². The Kier molecular flexibility index (Phi) is 2.44. The molecule has 3 N–H and O–H groups in total. The largest absolute Gasteiger partial charge is 0.508 e. The quantitative estimate of drug-likeness (QED) is 0.425. The fraction of sp³-hybridized carbons (Fsp3) is 0. The van der Waals surface area contributed by atoms with Gasteiger partial charge in [0.1, 0.15) is 5.75 Å². The number of aromatic hydroxyl groups is 1. The van der Waals surface area contributed by atoms with Gasteiger partial charge in [-0.25, -0.2) is 0 Å². The maximum Gasteiger partial charge on any atom is 0.490 e. The van der Waals surface area contributed by atoms with Crippen LogP contribution in [0.1, 0.15) is 0 Å². The second kappa shape index (κ2) is 3.47. The molecular weight excluding hydrogens is 219 g/mol. The van der Waals surface area contributed by atoms with Crippen LogP contribution in [0.3, 0.4) is 0 Å². The predicted octanol–water partition coefficient (Wildman–Crippen LogP) is 0.575. The molecule has 0 atom stereocenters. The van der Waals surface area contributed by atoms with Crippen LogP contribution in [0.4, 0.5) is 0 Å². The lowest BCUT2D eigenvalue weighted by Crippen LogP contribution is -2.29. The van der Waals surface area contributed by atoms with Crippen LogP contribution in [0.2, 0.25) is 0 Å². The van der Waals surface area contributed by atoms with Crippen molar-refractivity contribution in [2.45, 2.75) is 4.21 Å². The maximum atomic E-state index is 9.33. The van der Waals surface area contributed by atoms with Gasteiger partial charge in [0.25, 0.3) is 0 Å². The molecule has 0 aliphatic rings. The van der Waals surface area contributed by atoms with Crippen molar-refractivity contribution in [1.82, 2.24) is 0 Å². The molecule has 72 valence electrons. The van der Waals surface area contributed by atoms with Gasteiger partial charge in [-0.1, -0.05) is 0 Å². The molecule has 1 aromatic heterocycles. The van der Waals surface area contributed by atoms with E-state index >= 15 is 0 Å². The molecule has 6 heteroatoms. The van der Waals surface area contributed by atoms with Gasteiger partial charge in [0.15, 0.2) is 0 Å². The molecular formula is C8H7BO3S2. The van der Waals surface area contributed by atoms with Crippen LogP contribution in [0.25, 0.3) is 10.1 Å². The first-order valence-corrected chi connectivity index (χ1v) is 5.16. The standard InChI is InChI=1S/C8H7BO3S2/c10-5-1-4-2-7(13)14-8(4)6(3-5)9(11)12/h1-3,10-13H. The molecule has 2 rings (SSSR count). The van der Waals surface area contributed by atoms with Crippen LogP contribution in [-0.4, -0.2) is 22.3 Å². The van der Waals surface area contributed by atoms with Gasteiger partial charge >= 0.3 is 7.12 Å². The Balaban J connectivity index is 2.79. The molecule has 1 heterocycles. The zero-order chi connectivity index (χ0) is 10.3. The Bertz CT molecular complexity index is 481. The number of phenolic OH excluding ortho intramolecular Hbond substituents is 1. The molecule has 3 nitrogen and oxygen atoms in total. The molecule has 0 amide bonds. The molecule has 0 fully saturated rings. The topological polar surface area (TPSA) is 60.7 Å². The van der Waals surface area contributed by atoms with Crippen LogP contribution >= 0.6 is 24.0 Å². The molecule has 0 aliphatic carbocycles. The van der Waals surface area contributed by atoms with E-state index in [1.54, 1.807) is 12.1 Å². The Morgan fingerprint density at radius 1 is 1.21 bits per heavy atom. The summed E-state index contributed by atoms with van der Waals surface area (Å²) < 4.78 is 1.51. The minimum absolute atomic E-state index is 0.0201. The summed E-state index contributed by atoms with van der Waals surface area (Å²) in [7, 11) is -1.57. The number of hydrogen-bond donors (Lipinski definition) is 4. The molecule has 0 bridgehead atoms. The number of fused-ring (bicyclic) bond motifs is 1. The highest BCUT2D eigenvalue weighted by atomic mass is 32.2. The van der Waals surface area contributed by atoms with Gasteiger partial charge in [-0.15, -0.1) is 24.0 Å². The first-order valence-electron chi connectivity index (χ1n) is 3.89. The third kappa shape index (κ3) is 1.61. The van der Waals surface area contributed by atoms with E-state index < -0.39 is 7.12 Å². The summed E-state index contributed by atoms with van der Waals surface area (Å²) in [5, 5.41) is 28.3. The number of hydrogen-bond acceptors (Lipinski definition) is 5. The average molecular weight is 226 g/mol. The van der Waals surface area contributed by atoms with Crippen LogP contribution in [0.15, 0.2) is 22.4 Å². The zero-order valence-electron chi connectivity index (χ0n) is 7.01. The lowest BCUT2D eigenvalue weighted by atomic mass is 9.80. The summed E-state index contributed by atoms with van der Waals surface area (Å²) >= 11 is 5.52. The number of benzene rings is 1. The summed E-state index contributed by atoms with van der Waals surface area (Å²) in [6.07, 6.45) is 0. The number of rotatable bonds is 1. The van der Waals surface area contributed by atoms with Gasteiger partial charge in [0, 0.05) is 10.2 Å². The Hall–Kier alpha value is -0.685. The second-order valence-electron chi connectivity index (χ2n) is 2.91. The summed E-state index contributed by atoms with van der Waals surface area (Å²) in [5.74, 6) is 0.0201. The van der Waals surface area contributed by atoms with Gasteiger partial charge in [0.2, 0.25) is 0 Å². The van der Waals surface area contributed by atoms with Crippen LogP contribution in [0.5, 0.6) is 5.75 Å². The average Bonchev–Trinajstić information content (AvgIpc) is 2.42. The van der Waals surface area contributed by atoms with E-state index in [0.717, 1.165) is 14.3 Å². The molecule has 0 radical (unpaired) electrons. The van der Waals surface area contributed by atoms with E-state index in [9.17, 15) is 5.11 Å². The third-order valence-corrected chi connectivity index (χ3v) is 3.30. The summed E-state index contributed by atoms with van der Waals surface area (Å²) in [6.45, 7) is 0. The minimum atomic E-state index is -1.57. The van der Waals surface area contributed by atoms with Crippen LogP contribution in [-0.2, 0) is 0 Å². The minimum Gasteiger partial charge on any atom is -0.508 e. The van der Waals surface area contributed by atoms with Crippen molar-refractivity contribution in [1.29, 1.82) is 0 Å². The van der Waals surface area contributed by atoms with Crippen molar-refractivity contribution in [3.63, 3.8) is 0 Å². The summed E-state index contributed by atoms with van der Waals surface area (Å²) in [4.78, 5) is 0. The van der Waals surface area contributed by atoms with Crippen molar-refractivity contribution < 1.29 is 15.2 Å². The molecule has 0 saturated carbocycles. The molecule has 0 spiro atoms. The molecule has 0 aliphatic heterocycles. The number of thiol groups is 1. The SMILES string of the molecule is OB(O)c1cc(O)cc2cc(S)sc12. The van der Waals surface area contributed by atoms with Crippen molar-refractivity contribution in [2.24, 2.45) is 0 Å². The van der Waals surface area contributed by atoms with Crippen LogP contribution in [0, 0.1) is 0 Å². The second-order valence-corrected chi connectivity index (χ2v) is 4.75. The van der Waals surface area contributed by atoms with E-state index in [1.165, 1.54) is 17.4 Å². The lowest BCUT2D eigenvalue weighted by molar-refractivity contribution is 0.425. The van der Waals surface area contributed by atoms with E-state index in [2.05, 4.69) is 12.6 Å². The third-order valence-electron chi connectivity index (χ3n) is 1.89.